The Balaban J connectivity index is 2.64. The van der Waals surface area contributed by atoms with E-state index in [0.717, 1.165) is 19.5 Å². The molecule has 16 heavy (non-hydrogen) atoms. The normalized spacial score (nSPS) is 27.6. The maximum Gasteiger partial charge on any atom is 0.232 e. The van der Waals surface area contributed by atoms with Crippen molar-refractivity contribution in [3.05, 3.63) is 0 Å². The lowest BCUT2D eigenvalue weighted by atomic mass is 9.88. The van der Waals surface area contributed by atoms with Gasteiger partial charge in [0, 0.05) is 13.1 Å². The van der Waals surface area contributed by atoms with Gasteiger partial charge in [-0.2, -0.15) is 0 Å². The average molecular weight is 242 g/mol. The van der Waals surface area contributed by atoms with E-state index in [1.807, 2.05) is 11.8 Å². The number of nitrogens with zero attached hydrogens (tertiary/aromatic N) is 1. The molecular weight excluding hydrogens is 220 g/mol. The molecule has 1 fully saturated rings. The van der Waals surface area contributed by atoms with Crippen LogP contribution in [0.4, 0.5) is 0 Å². The molecule has 1 rings (SSSR count). The van der Waals surface area contributed by atoms with Crippen LogP contribution in [-0.4, -0.2) is 28.9 Å². The van der Waals surface area contributed by atoms with Gasteiger partial charge in [0.25, 0.3) is 0 Å². The van der Waals surface area contributed by atoms with Crippen LogP contribution in [0.1, 0.15) is 33.6 Å². The van der Waals surface area contributed by atoms with Crippen molar-refractivity contribution >= 4 is 23.1 Å². The standard InChI is InChI=1S/C12H22N2OS/c1-4-10(11(13)16)12(15)14-6-5-8(2)9(3)7-14/h8-10H,4-7H2,1-3H3,(H2,13,16). The fourth-order valence-electron chi connectivity index (χ4n) is 2.18. The van der Waals surface area contributed by atoms with E-state index < -0.39 is 0 Å². The first-order chi connectivity index (χ1) is 7.47. The Labute approximate surface area is 103 Å². The molecule has 1 aliphatic heterocycles. The zero-order valence-corrected chi connectivity index (χ0v) is 11.2. The van der Waals surface area contributed by atoms with Gasteiger partial charge in [-0.25, -0.2) is 0 Å². The summed E-state index contributed by atoms with van der Waals surface area (Å²) in [4.78, 5) is 14.4. The van der Waals surface area contributed by atoms with Crippen molar-refractivity contribution in [2.75, 3.05) is 13.1 Å². The number of hydrogen-bond donors (Lipinski definition) is 1. The maximum atomic E-state index is 12.2. The third kappa shape index (κ3) is 2.94. The van der Waals surface area contributed by atoms with Crippen molar-refractivity contribution in [1.82, 2.24) is 4.90 Å². The molecule has 3 atom stereocenters. The van der Waals surface area contributed by atoms with Crippen molar-refractivity contribution in [2.24, 2.45) is 23.5 Å². The lowest BCUT2D eigenvalue weighted by molar-refractivity contribution is -0.135. The second-order valence-electron chi connectivity index (χ2n) is 4.89. The Morgan fingerprint density at radius 2 is 2.12 bits per heavy atom. The summed E-state index contributed by atoms with van der Waals surface area (Å²) in [7, 11) is 0. The number of carbonyl (C=O) groups excluding carboxylic acids is 1. The molecule has 0 aromatic heterocycles. The van der Waals surface area contributed by atoms with E-state index in [2.05, 4.69) is 13.8 Å². The number of thiocarbonyl (C=S) groups is 1. The Hall–Kier alpha value is -0.640. The Bertz CT molecular complexity index is 280. The Morgan fingerprint density at radius 3 is 2.56 bits per heavy atom. The minimum atomic E-state index is -0.268. The van der Waals surface area contributed by atoms with Crippen LogP contribution in [0.15, 0.2) is 0 Å². The molecule has 1 heterocycles. The van der Waals surface area contributed by atoms with E-state index in [9.17, 15) is 4.79 Å². The van der Waals surface area contributed by atoms with Crippen molar-refractivity contribution in [3.8, 4) is 0 Å². The highest BCUT2D eigenvalue weighted by molar-refractivity contribution is 7.80. The van der Waals surface area contributed by atoms with E-state index in [0.29, 0.717) is 23.2 Å². The minimum Gasteiger partial charge on any atom is -0.393 e. The van der Waals surface area contributed by atoms with Gasteiger partial charge in [-0.1, -0.05) is 33.0 Å². The molecule has 0 bridgehead atoms. The molecule has 0 aliphatic carbocycles. The van der Waals surface area contributed by atoms with Crippen LogP contribution in [0.2, 0.25) is 0 Å². The molecule has 3 unspecified atom stereocenters. The monoisotopic (exact) mass is 242 g/mol. The summed E-state index contributed by atoms with van der Waals surface area (Å²) in [6, 6.07) is 0. The predicted molar refractivity (Wildman–Crippen MR) is 70.1 cm³/mol. The van der Waals surface area contributed by atoms with Gasteiger partial charge >= 0.3 is 0 Å². The van der Waals surface area contributed by atoms with Crippen molar-refractivity contribution in [3.63, 3.8) is 0 Å². The van der Waals surface area contributed by atoms with Gasteiger partial charge < -0.3 is 10.6 Å². The van der Waals surface area contributed by atoms with E-state index >= 15 is 0 Å². The molecule has 0 aromatic rings. The van der Waals surface area contributed by atoms with Crippen molar-refractivity contribution in [1.29, 1.82) is 0 Å². The molecule has 3 nitrogen and oxygen atoms in total. The number of piperidine rings is 1. The van der Waals surface area contributed by atoms with Gasteiger partial charge in [0.05, 0.1) is 10.9 Å². The largest absolute Gasteiger partial charge is 0.393 e. The lowest BCUT2D eigenvalue weighted by Gasteiger charge is -2.36. The van der Waals surface area contributed by atoms with Gasteiger partial charge in [-0.15, -0.1) is 0 Å². The first kappa shape index (κ1) is 13.4. The average Bonchev–Trinajstić information content (AvgIpc) is 2.22. The van der Waals surface area contributed by atoms with Crippen LogP contribution in [-0.2, 0) is 4.79 Å². The summed E-state index contributed by atoms with van der Waals surface area (Å²) in [5.41, 5.74) is 5.60. The van der Waals surface area contributed by atoms with Gasteiger partial charge in [0.2, 0.25) is 5.91 Å². The van der Waals surface area contributed by atoms with Crippen molar-refractivity contribution in [2.45, 2.75) is 33.6 Å². The van der Waals surface area contributed by atoms with E-state index in [4.69, 9.17) is 18.0 Å². The topological polar surface area (TPSA) is 46.3 Å². The molecule has 92 valence electrons. The second kappa shape index (κ2) is 5.62. The summed E-state index contributed by atoms with van der Waals surface area (Å²) in [6.45, 7) is 8.10. The van der Waals surface area contributed by atoms with Crippen molar-refractivity contribution < 1.29 is 4.79 Å². The van der Waals surface area contributed by atoms with Crippen LogP contribution in [0.25, 0.3) is 0 Å². The minimum absolute atomic E-state index is 0.119. The summed E-state index contributed by atoms with van der Waals surface area (Å²) in [5.74, 6) is 1.12. The highest BCUT2D eigenvalue weighted by Gasteiger charge is 2.30. The van der Waals surface area contributed by atoms with Crippen LogP contribution < -0.4 is 5.73 Å². The molecule has 2 N–H and O–H groups in total. The summed E-state index contributed by atoms with van der Waals surface area (Å²) in [6.07, 6.45) is 1.79. The van der Waals surface area contributed by atoms with Crippen LogP contribution in [0, 0.1) is 17.8 Å². The quantitative estimate of drug-likeness (QED) is 0.768. The van der Waals surface area contributed by atoms with Crippen LogP contribution >= 0.6 is 12.2 Å². The van der Waals surface area contributed by atoms with E-state index in [-0.39, 0.29) is 11.8 Å². The summed E-state index contributed by atoms with van der Waals surface area (Å²) >= 11 is 4.94. The molecule has 0 saturated carbocycles. The highest BCUT2D eigenvalue weighted by Crippen LogP contribution is 2.24. The van der Waals surface area contributed by atoms with Crippen LogP contribution in [0.3, 0.4) is 0 Å². The molecule has 1 aliphatic rings. The molecule has 0 spiro atoms. The third-order valence-corrected chi connectivity index (χ3v) is 3.98. The Kier molecular flexibility index (Phi) is 4.71. The van der Waals surface area contributed by atoms with E-state index in [1.54, 1.807) is 0 Å². The first-order valence-electron chi connectivity index (χ1n) is 6.05. The number of carbonyl (C=O) groups is 1. The van der Waals surface area contributed by atoms with Gasteiger partial charge in [-0.3, -0.25) is 4.79 Å². The molecular formula is C12H22N2OS. The fraction of sp³-hybridized carbons (Fsp3) is 0.833. The zero-order valence-electron chi connectivity index (χ0n) is 10.4. The summed E-state index contributed by atoms with van der Waals surface area (Å²) < 4.78 is 0. The third-order valence-electron chi connectivity index (χ3n) is 3.70. The molecule has 1 amide bonds. The number of rotatable bonds is 3. The maximum absolute atomic E-state index is 12.2. The highest BCUT2D eigenvalue weighted by atomic mass is 32.1. The second-order valence-corrected chi connectivity index (χ2v) is 5.36. The molecule has 0 aromatic carbocycles. The zero-order chi connectivity index (χ0) is 12.3. The van der Waals surface area contributed by atoms with Gasteiger partial charge in [-0.05, 0) is 24.7 Å². The lowest BCUT2D eigenvalue weighted by Crippen LogP contribution is -2.47. The number of hydrogen-bond acceptors (Lipinski definition) is 2. The van der Waals surface area contributed by atoms with Crippen LogP contribution in [0.5, 0.6) is 0 Å². The smallest absolute Gasteiger partial charge is 0.232 e. The molecule has 0 radical (unpaired) electrons. The number of nitrogens with two attached hydrogens (primary N) is 1. The van der Waals surface area contributed by atoms with E-state index in [1.165, 1.54) is 0 Å². The number of amides is 1. The predicted octanol–water partition coefficient (Wildman–Crippen LogP) is 1.80. The fourth-order valence-corrected chi connectivity index (χ4v) is 2.45. The first-order valence-corrected chi connectivity index (χ1v) is 6.46. The summed E-state index contributed by atoms with van der Waals surface area (Å²) in [5, 5.41) is 0. The van der Waals surface area contributed by atoms with Gasteiger partial charge in [0.15, 0.2) is 0 Å². The van der Waals surface area contributed by atoms with Gasteiger partial charge in [0.1, 0.15) is 0 Å². The number of likely N-dealkylation sites (tertiary alicyclic amines) is 1. The molecule has 4 heteroatoms. The Morgan fingerprint density at radius 1 is 1.50 bits per heavy atom. The SMILES string of the molecule is CCC(C(=O)N1CCC(C)C(C)C1)C(N)=S. The molecule has 1 saturated heterocycles.